The van der Waals surface area contributed by atoms with Gasteiger partial charge in [0.1, 0.15) is 0 Å². The van der Waals surface area contributed by atoms with Crippen LogP contribution >= 0.6 is 0 Å². The summed E-state index contributed by atoms with van der Waals surface area (Å²) in [7, 11) is 0. The number of carboxylic acid groups (broad SMARTS) is 1. The zero-order valence-electron chi connectivity index (χ0n) is 9.50. The van der Waals surface area contributed by atoms with Crippen molar-refractivity contribution in [3.8, 4) is 11.3 Å². The van der Waals surface area contributed by atoms with Crippen LogP contribution in [0.4, 0.5) is 0 Å². The molecule has 88 valence electrons. The molecule has 0 saturated carbocycles. The molecule has 0 bridgehead atoms. The molecule has 5 nitrogen and oxygen atoms in total. The first-order valence-electron chi connectivity index (χ1n) is 5.34. The van der Waals surface area contributed by atoms with Gasteiger partial charge in [0, 0.05) is 5.56 Å². The summed E-state index contributed by atoms with van der Waals surface area (Å²) in [5.41, 5.74) is 3.01. The van der Waals surface area contributed by atoms with Crippen molar-refractivity contribution in [2.45, 2.75) is 19.9 Å². The summed E-state index contributed by atoms with van der Waals surface area (Å²) in [5, 5.41) is 16.4. The highest BCUT2D eigenvalue weighted by atomic mass is 16.4. The molecule has 0 amide bonds. The number of hydrogen-bond donors (Lipinski definition) is 1. The van der Waals surface area contributed by atoms with Crippen LogP contribution in [0.15, 0.2) is 30.5 Å². The van der Waals surface area contributed by atoms with E-state index in [4.69, 9.17) is 5.11 Å². The maximum atomic E-state index is 10.5. The Labute approximate surface area is 98.7 Å². The summed E-state index contributed by atoms with van der Waals surface area (Å²) in [5.74, 6) is -0.838. The fourth-order valence-electron chi connectivity index (χ4n) is 1.57. The molecule has 1 N–H and O–H groups in total. The number of aromatic nitrogens is 3. The van der Waals surface area contributed by atoms with Crippen LogP contribution < -0.4 is 0 Å². The fourth-order valence-corrected chi connectivity index (χ4v) is 1.57. The quantitative estimate of drug-likeness (QED) is 0.870. The maximum Gasteiger partial charge on any atom is 0.305 e. The van der Waals surface area contributed by atoms with Crippen LogP contribution in [0.3, 0.4) is 0 Å². The second-order valence-corrected chi connectivity index (χ2v) is 3.85. The van der Waals surface area contributed by atoms with Crippen LogP contribution in [0.1, 0.15) is 12.0 Å². The van der Waals surface area contributed by atoms with E-state index >= 15 is 0 Å². The Balaban J connectivity index is 2.24. The third kappa shape index (κ3) is 2.69. The first-order valence-corrected chi connectivity index (χ1v) is 5.34. The molecule has 0 unspecified atom stereocenters. The summed E-state index contributed by atoms with van der Waals surface area (Å²) < 4.78 is 1.61. The molecular weight excluding hydrogens is 218 g/mol. The Bertz CT molecular complexity index is 517. The SMILES string of the molecule is Cc1ccc(-c2cnnn2CCC(=O)O)cc1. The molecule has 0 aliphatic rings. The van der Waals surface area contributed by atoms with Gasteiger partial charge in [0.2, 0.25) is 0 Å². The third-order valence-electron chi connectivity index (χ3n) is 2.50. The monoisotopic (exact) mass is 231 g/mol. The molecule has 5 heteroatoms. The first kappa shape index (κ1) is 11.3. The van der Waals surface area contributed by atoms with E-state index in [-0.39, 0.29) is 6.42 Å². The Morgan fingerprint density at radius 1 is 1.35 bits per heavy atom. The van der Waals surface area contributed by atoms with Gasteiger partial charge >= 0.3 is 5.97 Å². The Morgan fingerprint density at radius 2 is 2.06 bits per heavy atom. The van der Waals surface area contributed by atoms with E-state index in [2.05, 4.69) is 10.3 Å². The van der Waals surface area contributed by atoms with Gasteiger partial charge in [0.05, 0.1) is 24.9 Å². The number of hydrogen-bond acceptors (Lipinski definition) is 3. The van der Waals surface area contributed by atoms with E-state index in [9.17, 15) is 4.79 Å². The smallest absolute Gasteiger partial charge is 0.305 e. The molecular formula is C12H13N3O2. The van der Waals surface area contributed by atoms with Crippen molar-refractivity contribution in [1.82, 2.24) is 15.0 Å². The second kappa shape index (κ2) is 4.78. The number of aliphatic carboxylic acids is 1. The van der Waals surface area contributed by atoms with Crippen molar-refractivity contribution in [2.24, 2.45) is 0 Å². The van der Waals surface area contributed by atoms with Crippen LogP contribution in [0.25, 0.3) is 11.3 Å². The fraction of sp³-hybridized carbons (Fsp3) is 0.250. The van der Waals surface area contributed by atoms with E-state index in [1.165, 1.54) is 5.56 Å². The minimum atomic E-state index is -0.838. The minimum absolute atomic E-state index is 0.0439. The van der Waals surface area contributed by atoms with Crippen LogP contribution in [-0.4, -0.2) is 26.1 Å². The minimum Gasteiger partial charge on any atom is -0.481 e. The molecule has 0 aliphatic heterocycles. The lowest BCUT2D eigenvalue weighted by atomic mass is 10.1. The van der Waals surface area contributed by atoms with Gasteiger partial charge in [-0.25, -0.2) is 4.68 Å². The van der Waals surface area contributed by atoms with Crippen molar-refractivity contribution in [3.63, 3.8) is 0 Å². The van der Waals surface area contributed by atoms with Gasteiger partial charge in [0.15, 0.2) is 0 Å². The van der Waals surface area contributed by atoms with Gasteiger partial charge in [-0.3, -0.25) is 4.79 Å². The van der Waals surface area contributed by atoms with E-state index in [0.29, 0.717) is 6.54 Å². The van der Waals surface area contributed by atoms with Crippen molar-refractivity contribution >= 4 is 5.97 Å². The molecule has 0 saturated heterocycles. The number of carboxylic acids is 1. The highest BCUT2D eigenvalue weighted by molar-refractivity contribution is 5.66. The van der Waals surface area contributed by atoms with Crippen LogP contribution in [0.2, 0.25) is 0 Å². The molecule has 0 radical (unpaired) electrons. The summed E-state index contributed by atoms with van der Waals surface area (Å²) in [4.78, 5) is 10.5. The molecule has 0 aliphatic carbocycles. The molecule has 2 aromatic rings. The molecule has 0 atom stereocenters. The second-order valence-electron chi connectivity index (χ2n) is 3.85. The largest absolute Gasteiger partial charge is 0.481 e. The number of nitrogens with zero attached hydrogens (tertiary/aromatic N) is 3. The molecule has 0 fully saturated rings. The average molecular weight is 231 g/mol. The summed E-state index contributed by atoms with van der Waals surface area (Å²) in [6.07, 6.45) is 1.69. The van der Waals surface area contributed by atoms with Crippen molar-refractivity contribution in [2.75, 3.05) is 0 Å². The zero-order chi connectivity index (χ0) is 12.3. The number of rotatable bonds is 4. The number of aryl methyl sites for hydroxylation is 2. The lowest BCUT2D eigenvalue weighted by molar-refractivity contribution is -0.137. The predicted molar refractivity (Wildman–Crippen MR) is 62.4 cm³/mol. The van der Waals surface area contributed by atoms with Gasteiger partial charge in [-0.2, -0.15) is 0 Å². The predicted octanol–water partition coefficient (Wildman–Crippen LogP) is 1.73. The highest BCUT2D eigenvalue weighted by Crippen LogP contribution is 2.18. The zero-order valence-corrected chi connectivity index (χ0v) is 9.50. The summed E-state index contributed by atoms with van der Waals surface area (Å²) in [6, 6.07) is 7.96. The van der Waals surface area contributed by atoms with Gasteiger partial charge in [-0.15, -0.1) is 5.10 Å². The third-order valence-corrected chi connectivity index (χ3v) is 2.50. The normalized spacial score (nSPS) is 10.4. The number of benzene rings is 1. The maximum absolute atomic E-state index is 10.5. The molecule has 17 heavy (non-hydrogen) atoms. The lowest BCUT2D eigenvalue weighted by Gasteiger charge is -2.04. The Kier molecular flexibility index (Phi) is 3.18. The number of carbonyl (C=O) groups is 1. The summed E-state index contributed by atoms with van der Waals surface area (Å²) >= 11 is 0. The topological polar surface area (TPSA) is 68.0 Å². The molecule has 1 aromatic carbocycles. The standard InChI is InChI=1S/C12H13N3O2/c1-9-2-4-10(5-3-9)11-8-13-14-15(11)7-6-12(16)17/h2-5,8H,6-7H2,1H3,(H,16,17). The van der Waals surface area contributed by atoms with E-state index < -0.39 is 5.97 Å². The van der Waals surface area contributed by atoms with Crippen molar-refractivity contribution in [3.05, 3.63) is 36.0 Å². The van der Waals surface area contributed by atoms with Gasteiger partial charge in [-0.05, 0) is 6.92 Å². The average Bonchev–Trinajstić information content (AvgIpc) is 2.75. The van der Waals surface area contributed by atoms with Crippen LogP contribution in [0.5, 0.6) is 0 Å². The van der Waals surface area contributed by atoms with E-state index in [1.807, 2.05) is 31.2 Å². The Hall–Kier alpha value is -2.17. The lowest BCUT2D eigenvalue weighted by Crippen LogP contribution is -2.07. The summed E-state index contributed by atoms with van der Waals surface area (Å²) in [6.45, 7) is 2.35. The van der Waals surface area contributed by atoms with Crippen LogP contribution in [-0.2, 0) is 11.3 Å². The molecule has 2 rings (SSSR count). The molecule has 1 aromatic heterocycles. The van der Waals surface area contributed by atoms with E-state index in [0.717, 1.165) is 11.3 Å². The Morgan fingerprint density at radius 3 is 2.71 bits per heavy atom. The van der Waals surface area contributed by atoms with Crippen molar-refractivity contribution < 1.29 is 9.90 Å². The van der Waals surface area contributed by atoms with Gasteiger partial charge in [0.25, 0.3) is 0 Å². The van der Waals surface area contributed by atoms with Crippen molar-refractivity contribution in [1.29, 1.82) is 0 Å². The first-order chi connectivity index (χ1) is 8.16. The van der Waals surface area contributed by atoms with Gasteiger partial charge in [-0.1, -0.05) is 35.0 Å². The van der Waals surface area contributed by atoms with E-state index in [1.54, 1.807) is 10.9 Å². The molecule has 0 spiro atoms. The highest BCUT2D eigenvalue weighted by Gasteiger charge is 2.07. The molecule has 1 heterocycles. The van der Waals surface area contributed by atoms with Gasteiger partial charge < -0.3 is 5.11 Å². The van der Waals surface area contributed by atoms with Crippen LogP contribution in [0, 0.1) is 6.92 Å².